The largest absolute Gasteiger partial charge is 0.386 e. The predicted octanol–water partition coefficient (Wildman–Crippen LogP) is 2.25. The van der Waals surface area contributed by atoms with Crippen molar-refractivity contribution in [2.75, 3.05) is 13.1 Å². The zero-order valence-corrected chi connectivity index (χ0v) is 11.4. The van der Waals surface area contributed by atoms with Gasteiger partial charge in [-0.1, -0.05) is 12.2 Å². The zero-order valence-electron chi connectivity index (χ0n) is 10.6. The Bertz CT molecular complexity index is 459. The van der Waals surface area contributed by atoms with Crippen LogP contribution in [0.4, 0.5) is 0 Å². The molecule has 0 spiro atoms. The fourth-order valence-corrected chi connectivity index (χ4v) is 2.32. The molecule has 5 heteroatoms. The van der Waals surface area contributed by atoms with E-state index in [2.05, 4.69) is 20.3 Å². The third-order valence-electron chi connectivity index (χ3n) is 2.96. The van der Waals surface area contributed by atoms with Gasteiger partial charge in [0.2, 0.25) is 0 Å². The van der Waals surface area contributed by atoms with Crippen LogP contribution in [0.2, 0.25) is 0 Å². The Kier molecular flexibility index (Phi) is 4.64. The van der Waals surface area contributed by atoms with Crippen LogP contribution < -0.4 is 5.32 Å². The number of H-pyrrole nitrogens is 1. The van der Waals surface area contributed by atoms with Crippen molar-refractivity contribution in [1.82, 2.24) is 15.3 Å². The van der Waals surface area contributed by atoms with Gasteiger partial charge < -0.3 is 10.3 Å². The van der Waals surface area contributed by atoms with Crippen LogP contribution in [0.5, 0.6) is 0 Å². The standard InChI is InChI=1S/C13H18N4S/c1-10(18)11-3-2-4-12(11)15-6-5-14-9-13-16-7-8-17-13/h7-9,15H,2-6H2,1H3,(H,16,17). The lowest BCUT2D eigenvalue weighted by Crippen LogP contribution is -2.18. The highest BCUT2D eigenvalue weighted by atomic mass is 32.1. The SMILES string of the molecule is CC(=S)C1=C(NCCN=Cc2ncc[nH]2)CCC1. The number of aliphatic imine (C=N–C) groups is 1. The van der Waals surface area contributed by atoms with Gasteiger partial charge in [0.1, 0.15) is 5.82 Å². The smallest absolute Gasteiger partial charge is 0.147 e. The van der Waals surface area contributed by atoms with Gasteiger partial charge in [0.25, 0.3) is 0 Å². The lowest BCUT2D eigenvalue weighted by molar-refractivity contribution is 0.758. The van der Waals surface area contributed by atoms with Gasteiger partial charge in [0.05, 0.1) is 12.8 Å². The molecule has 0 saturated carbocycles. The highest BCUT2D eigenvalue weighted by Crippen LogP contribution is 2.24. The van der Waals surface area contributed by atoms with Crippen molar-refractivity contribution in [3.05, 3.63) is 29.5 Å². The second kappa shape index (κ2) is 6.44. The van der Waals surface area contributed by atoms with E-state index < -0.39 is 0 Å². The van der Waals surface area contributed by atoms with E-state index >= 15 is 0 Å². The number of nitrogens with one attached hydrogen (secondary N) is 2. The molecule has 0 fully saturated rings. The minimum atomic E-state index is 0.744. The lowest BCUT2D eigenvalue weighted by atomic mass is 10.2. The number of aromatic nitrogens is 2. The molecule has 0 unspecified atom stereocenters. The molecular weight excluding hydrogens is 244 g/mol. The summed E-state index contributed by atoms with van der Waals surface area (Å²) in [5.41, 5.74) is 2.65. The first kappa shape index (κ1) is 13.0. The molecule has 2 N–H and O–H groups in total. The van der Waals surface area contributed by atoms with E-state index in [1.165, 1.54) is 17.7 Å². The van der Waals surface area contributed by atoms with Crippen molar-refractivity contribution in [3.63, 3.8) is 0 Å². The Morgan fingerprint density at radius 1 is 1.61 bits per heavy atom. The van der Waals surface area contributed by atoms with Crippen LogP contribution in [0.25, 0.3) is 0 Å². The third-order valence-corrected chi connectivity index (χ3v) is 3.20. The van der Waals surface area contributed by atoms with E-state index in [1.54, 1.807) is 18.6 Å². The molecule has 0 aromatic carbocycles. The summed E-state index contributed by atoms with van der Waals surface area (Å²) >= 11 is 5.25. The Morgan fingerprint density at radius 3 is 3.22 bits per heavy atom. The average molecular weight is 262 g/mol. The fraction of sp³-hybridized carbons (Fsp3) is 0.462. The van der Waals surface area contributed by atoms with Crippen molar-refractivity contribution in [2.45, 2.75) is 26.2 Å². The number of aromatic amines is 1. The Labute approximate surface area is 113 Å². The first-order valence-electron chi connectivity index (χ1n) is 6.23. The molecule has 1 aromatic heterocycles. The summed E-state index contributed by atoms with van der Waals surface area (Å²) in [5.74, 6) is 0.797. The lowest BCUT2D eigenvalue weighted by Gasteiger charge is -2.08. The monoisotopic (exact) mass is 262 g/mol. The molecule has 0 atom stereocenters. The van der Waals surface area contributed by atoms with Crippen molar-refractivity contribution in [1.29, 1.82) is 0 Å². The minimum Gasteiger partial charge on any atom is -0.386 e. The molecule has 0 amide bonds. The van der Waals surface area contributed by atoms with Crippen LogP contribution in [-0.4, -0.2) is 34.1 Å². The van der Waals surface area contributed by atoms with Crippen LogP contribution in [0.15, 0.2) is 28.7 Å². The average Bonchev–Trinajstić information content (AvgIpc) is 2.98. The van der Waals surface area contributed by atoms with Crippen molar-refractivity contribution in [3.8, 4) is 0 Å². The molecule has 0 saturated heterocycles. The molecular formula is C13H18N4S. The van der Waals surface area contributed by atoms with Gasteiger partial charge in [-0.05, 0) is 31.8 Å². The summed E-state index contributed by atoms with van der Waals surface area (Å²) < 4.78 is 0. The molecule has 1 aromatic rings. The van der Waals surface area contributed by atoms with E-state index in [0.717, 1.165) is 36.6 Å². The molecule has 1 heterocycles. The van der Waals surface area contributed by atoms with Gasteiger partial charge in [0, 0.05) is 29.5 Å². The van der Waals surface area contributed by atoms with E-state index in [0.29, 0.717) is 0 Å². The van der Waals surface area contributed by atoms with Crippen LogP contribution in [0.3, 0.4) is 0 Å². The highest BCUT2D eigenvalue weighted by Gasteiger charge is 2.14. The van der Waals surface area contributed by atoms with Gasteiger partial charge >= 0.3 is 0 Å². The van der Waals surface area contributed by atoms with Gasteiger partial charge in [0.15, 0.2) is 0 Å². The van der Waals surface area contributed by atoms with Gasteiger partial charge in [-0.3, -0.25) is 4.99 Å². The number of hydrogen-bond donors (Lipinski definition) is 2. The van der Waals surface area contributed by atoms with Gasteiger partial charge in [-0.25, -0.2) is 4.98 Å². The molecule has 0 radical (unpaired) electrons. The maximum atomic E-state index is 5.25. The fourth-order valence-electron chi connectivity index (χ4n) is 2.10. The predicted molar refractivity (Wildman–Crippen MR) is 78.2 cm³/mol. The summed E-state index contributed by atoms with van der Waals surface area (Å²) in [7, 11) is 0. The van der Waals surface area contributed by atoms with Gasteiger partial charge in [-0.2, -0.15) is 0 Å². The number of hydrogen-bond acceptors (Lipinski definition) is 4. The van der Waals surface area contributed by atoms with Crippen LogP contribution in [0.1, 0.15) is 32.0 Å². The number of nitrogens with zero attached hydrogens (tertiary/aromatic N) is 2. The summed E-state index contributed by atoms with van der Waals surface area (Å²) in [6, 6.07) is 0. The number of thiocarbonyl (C=S) groups is 1. The van der Waals surface area contributed by atoms with Crippen LogP contribution >= 0.6 is 12.2 Å². The topological polar surface area (TPSA) is 53.1 Å². The summed E-state index contributed by atoms with van der Waals surface area (Å²) in [6.07, 6.45) is 8.71. The van der Waals surface area contributed by atoms with Crippen molar-refractivity contribution in [2.24, 2.45) is 4.99 Å². The molecule has 4 nitrogen and oxygen atoms in total. The molecule has 0 aliphatic heterocycles. The maximum Gasteiger partial charge on any atom is 0.147 e. The maximum absolute atomic E-state index is 5.25. The van der Waals surface area contributed by atoms with Crippen molar-refractivity contribution >= 4 is 23.3 Å². The molecule has 0 bridgehead atoms. The number of rotatable bonds is 6. The summed E-state index contributed by atoms with van der Waals surface area (Å²) in [4.78, 5) is 12.4. The van der Waals surface area contributed by atoms with Crippen LogP contribution in [0, 0.1) is 0 Å². The minimum absolute atomic E-state index is 0.744. The normalized spacial score (nSPS) is 15.6. The van der Waals surface area contributed by atoms with E-state index in [9.17, 15) is 0 Å². The summed E-state index contributed by atoms with van der Waals surface area (Å²) in [6.45, 7) is 3.60. The second-order valence-corrected chi connectivity index (χ2v) is 4.92. The van der Waals surface area contributed by atoms with E-state index in [1.807, 2.05) is 6.92 Å². The van der Waals surface area contributed by atoms with E-state index in [4.69, 9.17) is 12.2 Å². The molecule has 2 rings (SSSR count). The molecule has 18 heavy (non-hydrogen) atoms. The molecule has 96 valence electrons. The molecule has 1 aliphatic rings. The van der Waals surface area contributed by atoms with Crippen LogP contribution in [-0.2, 0) is 0 Å². The zero-order chi connectivity index (χ0) is 12.8. The van der Waals surface area contributed by atoms with Crippen molar-refractivity contribution < 1.29 is 0 Å². The number of imidazole rings is 1. The van der Waals surface area contributed by atoms with Gasteiger partial charge in [-0.15, -0.1) is 0 Å². The first-order chi connectivity index (χ1) is 8.77. The molecule has 1 aliphatic carbocycles. The first-order valence-corrected chi connectivity index (χ1v) is 6.64. The Morgan fingerprint density at radius 2 is 2.50 bits per heavy atom. The quantitative estimate of drug-likeness (QED) is 0.470. The highest BCUT2D eigenvalue weighted by molar-refractivity contribution is 7.80. The second-order valence-electron chi connectivity index (χ2n) is 4.30. The Hall–Kier alpha value is -1.49. The number of allylic oxidation sites excluding steroid dienone is 2. The van der Waals surface area contributed by atoms with E-state index in [-0.39, 0.29) is 0 Å². The Balaban J connectivity index is 1.75. The third kappa shape index (κ3) is 3.50. The summed E-state index contributed by atoms with van der Waals surface area (Å²) in [5, 5.41) is 3.44.